The van der Waals surface area contributed by atoms with Gasteiger partial charge >= 0.3 is 11.9 Å². The second-order valence-electron chi connectivity index (χ2n) is 7.49. The Hall–Kier alpha value is -3.13. The normalized spacial score (nSPS) is 14.0. The molecule has 9 heteroatoms. The minimum Gasteiger partial charge on any atom is -0.490 e. The molecule has 178 valence electrons. The Labute approximate surface area is 220 Å². The molecule has 0 aliphatic carbocycles. The fourth-order valence-electron chi connectivity index (χ4n) is 3.28. The van der Waals surface area contributed by atoms with E-state index in [0.29, 0.717) is 43.6 Å². The minimum absolute atomic E-state index is 0.0879. The van der Waals surface area contributed by atoms with Gasteiger partial charge in [0.25, 0.3) is 0 Å². The molecule has 1 aliphatic heterocycles. The summed E-state index contributed by atoms with van der Waals surface area (Å²) < 4.78 is 17.1. The van der Waals surface area contributed by atoms with E-state index in [1.54, 1.807) is 54.6 Å². The first-order valence-corrected chi connectivity index (χ1v) is 12.0. The number of nitrogens with zero attached hydrogens (tertiary/aromatic N) is 1. The van der Waals surface area contributed by atoms with Gasteiger partial charge in [0.15, 0.2) is 17.2 Å². The van der Waals surface area contributed by atoms with E-state index < -0.39 is 11.9 Å². The van der Waals surface area contributed by atoms with Crippen LogP contribution in [0.4, 0.5) is 0 Å². The Bertz CT molecular complexity index is 1400. The van der Waals surface area contributed by atoms with Crippen LogP contribution >= 0.6 is 39.1 Å². The van der Waals surface area contributed by atoms with Crippen molar-refractivity contribution in [3.05, 3.63) is 97.1 Å². The number of benzene rings is 3. The third kappa shape index (κ3) is 5.75. The average molecular weight is 575 g/mol. The maximum absolute atomic E-state index is 12.7. The monoisotopic (exact) mass is 573 g/mol. The van der Waals surface area contributed by atoms with E-state index in [1.807, 2.05) is 19.9 Å². The van der Waals surface area contributed by atoms with Gasteiger partial charge in [0.2, 0.25) is 5.90 Å². The third-order valence-corrected chi connectivity index (χ3v) is 6.20. The predicted octanol–water partition coefficient (Wildman–Crippen LogP) is 7.03. The zero-order valence-electron chi connectivity index (χ0n) is 18.6. The molecule has 0 aromatic heterocycles. The molecule has 0 saturated carbocycles. The molecular formula is C26H18BrCl2NO5. The number of cyclic esters (lactones) is 1. The Morgan fingerprint density at radius 1 is 1.11 bits per heavy atom. The van der Waals surface area contributed by atoms with Gasteiger partial charge in [0.1, 0.15) is 0 Å². The van der Waals surface area contributed by atoms with Crippen LogP contribution in [0, 0.1) is 6.92 Å². The van der Waals surface area contributed by atoms with Crippen molar-refractivity contribution in [3.63, 3.8) is 0 Å². The van der Waals surface area contributed by atoms with Crippen LogP contribution in [-0.4, -0.2) is 24.4 Å². The first kappa shape index (κ1) is 25.0. The highest BCUT2D eigenvalue weighted by Gasteiger charge is 2.25. The molecule has 0 bridgehead atoms. The molecular weight excluding hydrogens is 557 g/mol. The van der Waals surface area contributed by atoms with Crippen molar-refractivity contribution < 1.29 is 23.8 Å². The van der Waals surface area contributed by atoms with Crippen molar-refractivity contribution in [2.75, 3.05) is 6.61 Å². The number of hydrogen-bond acceptors (Lipinski definition) is 6. The number of halogens is 3. The molecule has 1 heterocycles. The van der Waals surface area contributed by atoms with E-state index in [0.717, 1.165) is 5.56 Å². The Balaban J connectivity index is 1.65. The Morgan fingerprint density at radius 3 is 2.63 bits per heavy atom. The van der Waals surface area contributed by atoms with E-state index in [2.05, 4.69) is 20.9 Å². The Kier molecular flexibility index (Phi) is 7.60. The highest BCUT2D eigenvalue weighted by molar-refractivity contribution is 9.10. The average Bonchev–Trinajstić information content (AvgIpc) is 3.18. The molecule has 3 aromatic carbocycles. The lowest BCUT2D eigenvalue weighted by molar-refractivity contribution is -0.129. The summed E-state index contributed by atoms with van der Waals surface area (Å²) in [6.45, 7) is 4.04. The van der Waals surface area contributed by atoms with Crippen LogP contribution in [0.2, 0.25) is 10.0 Å². The molecule has 0 unspecified atom stereocenters. The van der Waals surface area contributed by atoms with Crippen molar-refractivity contribution in [1.29, 1.82) is 0 Å². The van der Waals surface area contributed by atoms with Crippen molar-refractivity contribution in [1.82, 2.24) is 0 Å². The van der Waals surface area contributed by atoms with Crippen molar-refractivity contribution >= 4 is 63.0 Å². The van der Waals surface area contributed by atoms with Crippen molar-refractivity contribution in [2.45, 2.75) is 13.8 Å². The summed E-state index contributed by atoms with van der Waals surface area (Å²) in [5, 5.41) is 0.703. The molecule has 6 nitrogen and oxygen atoms in total. The molecule has 0 amide bonds. The van der Waals surface area contributed by atoms with Crippen LogP contribution in [-0.2, 0) is 9.53 Å². The molecule has 35 heavy (non-hydrogen) atoms. The van der Waals surface area contributed by atoms with Gasteiger partial charge in [-0.3, -0.25) is 0 Å². The van der Waals surface area contributed by atoms with Gasteiger partial charge in [-0.05, 0) is 83.9 Å². The van der Waals surface area contributed by atoms with Gasteiger partial charge in [-0.2, -0.15) is 0 Å². The molecule has 0 fully saturated rings. The molecule has 0 N–H and O–H groups in total. The number of carbonyl (C=O) groups excluding carboxylic acids is 2. The van der Waals surface area contributed by atoms with E-state index >= 15 is 0 Å². The molecule has 0 radical (unpaired) electrons. The first-order valence-electron chi connectivity index (χ1n) is 10.5. The lowest BCUT2D eigenvalue weighted by Crippen LogP contribution is -2.10. The highest BCUT2D eigenvalue weighted by Crippen LogP contribution is 2.38. The van der Waals surface area contributed by atoms with Gasteiger partial charge in [-0.1, -0.05) is 40.9 Å². The first-order chi connectivity index (χ1) is 16.7. The smallest absolute Gasteiger partial charge is 0.363 e. The zero-order chi connectivity index (χ0) is 25.1. The molecule has 0 spiro atoms. The van der Waals surface area contributed by atoms with Crippen molar-refractivity contribution in [3.8, 4) is 11.5 Å². The second kappa shape index (κ2) is 10.6. The predicted molar refractivity (Wildman–Crippen MR) is 139 cm³/mol. The van der Waals surface area contributed by atoms with Gasteiger partial charge in [0, 0.05) is 5.56 Å². The number of aryl methyl sites for hydroxylation is 1. The maximum atomic E-state index is 12.7. The lowest BCUT2D eigenvalue weighted by Gasteiger charge is -2.14. The van der Waals surface area contributed by atoms with E-state index in [-0.39, 0.29) is 17.3 Å². The molecule has 4 rings (SSSR count). The summed E-state index contributed by atoms with van der Waals surface area (Å²) in [5.74, 6) is -0.455. The summed E-state index contributed by atoms with van der Waals surface area (Å²) in [6.07, 6.45) is 1.55. The van der Waals surface area contributed by atoms with E-state index in [9.17, 15) is 9.59 Å². The van der Waals surface area contributed by atoms with Gasteiger partial charge in [-0.15, -0.1) is 0 Å². The van der Waals surface area contributed by atoms with Crippen LogP contribution in [0.25, 0.3) is 6.08 Å². The number of ether oxygens (including phenoxy) is 3. The number of rotatable bonds is 6. The molecule has 0 saturated heterocycles. The molecule has 0 atom stereocenters. The van der Waals surface area contributed by atoms with Gasteiger partial charge < -0.3 is 14.2 Å². The van der Waals surface area contributed by atoms with Crippen LogP contribution in [0.5, 0.6) is 11.5 Å². The van der Waals surface area contributed by atoms with Crippen LogP contribution in [0.3, 0.4) is 0 Å². The third-order valence-electron chi connectivity index (χ3n) is 4.87. The minimum atomic E-state index is -0.616. The summed E-state index contributed by atoms with van der Waals surface area (Å²) in [6, 6.07) is 15.3. The van der Waals surface area contributed by atoms with E-state index in [1.165, 1.54) is 0 Å². The quantitative estimate of drug-likeness (QED) is 0.179. The number of carbonyl (C=O) groups is 2. The number of hydrogen-bond donors (Lipinski definition) is 0. The van der Waals surface area contributed by atoms with Gasteiger partial charge in [-0.25, -0.2) is 14.6 Å². The standard InChI is InChI=1S/C26H18BrCl2NO5/c1-3-33-22-12-15(10-18(27)23(22)34-25(31)17-6-4-5-14(2)9-17)11-21-26(32)35-24(30-21)16-7-8-19(28)20(29)13-16/h4-13H,3H2,1-2H3/b21-11-. The summed E-state index contributed by atoms with van der Waals surface area (Å²) in [7, 11) is 0. The fraction of sp³-hybridized carbons (Fsp3) is 0.115. The van der Waals surface area contributed by atoms with Crippen LogP contribution < -0.4 is 9.47 Å². The summed E-state index contributed by atoms with van der Waals surface area (Å²) >= 11 is 15.5. The zero-order valence-corrected chi connectivity index (χ0v) is 21.7. The van der Waals surface area contributed by atoms with Crippen LogP contribution in [0.15, 0.2) is 69.8 Å². The maximum Gasteiger partial charge on any atom is 0.363 e. The lowest BCUT2D eigenvalue weighted by atomic mass is 10.1. The second-order valence-corrected chi connectivity index (χ2v) is 9.16. The van der Waals surface area contributed by atoms with Gasteiger partial charge in [0.05, 0.1) is 26.7 Å². The SMILES string of the molecule is CCOc1cc(/C=C2\N=C(c3ccc(Cl)c(Cl)c3)OC2=O)cc(Br)c1OC(=O)c1cccc(C)c1. The fourth-order valence-corrected chi connectivity index (χ4v) is 4.12. The largest absolute Gasteiger partial charge is 0.490 e. The number of esters is 2. The summed E-state index contributed by atoms with van der Waals surface area (Å²) in [5.41, 5.74) is 2.55. The summed E-state index contributed by atoms with van der Waals surface area (Å²) in [4.78, 5) is 29.4. The molecule has 1 aliphatic rings. The number of aliphatic imine (C=N–C) groups is 1. The van der Waals surface area contributed by atoms with E-state index in [4.69, 9.17) is 37.4 Å². The topological polar surface area (TPSA) is 74.2 Å². The molecule has 3 aromatic rings. The highest BCUT2D eigenvalue weighted by atomic mass is 79.9. The van der Waals surface area contributed by atoms with Crippen molar-refractivity contribution in [2.24, 2.45) is 4.99 Å². The van der Waals surface area contributed by atoms with Crippen LogP contribution in [0.1, 0.15) is 34.0 Å². The Morgan fingerprint density at radius 2 is 1.91 bits per heavy atom.